The van der Waals surface area contributed by atoms with Crippen LogP contribution in [0.2, 0.25) is 0 Å². The highest BCUT2D eigenvalue weighted by atomic mass is 32.2. The maximum atomic E-state index is 13.4. The van der Waals surface area contributed by atoms with Gasteiger partial charge in [-0.05, 0) is 50.5 Å². The molecule has 0 saturated carbocycles. The minimum absolute atomic E-state index is 0.0798. The number of aromatic nitrogens is 3. The molecule has 0 aliphatic heterocycles. The van der Waals surface area contributed by atoms with Crippen molar-refractivity contribution < 1.29 is 9.26 Å². The third-order valence-electron chi connectivity index (χ3n) is 5.93. The van der Waals surface area contributed by atoms with Crippen LogP contribution in [0.15, 0.2) is 14.5 Å². The number of fused-ring (bicyclic) bond motifs is 4. The van der Waals surface area contributed by atoms with Crippen LogP contribution in [-0.2, 0) is 42.7 Å². The number of rotatable bonds is 6. The summed E-state index contributed by atoms with van der Waals surface area (Å²) in [6.07, 6.45) is 8.81. The van der Waals surface area contributed by atoms with Gasteiger partial charge in [-0.2, -0.15) is 0 Å². The number of hydrogen-bond acceptors (Lipinski definition) is 7. The van der Waals surface area contributed by atoms with Crippen LogP contribution in [0.5, 0.6) is 0 Å². The molecule has 154 valence electrons. The summed E-state index contributed by atoms with van der Waals surface area (Å²) < 4.78 is 12.6. The zero-order valence-electron chi connectivity index (χ0n) is 16.7. The lowest BCUT2D eigenvalue weighted by atomic mass is 9.97. The van der Waals surface area contributed by atoms with Crippen molar-refractivity contribution in [1.29, 1.82) is 0 Å². The Morgan fingerprint density at radius 2 is 1.93 bits per heavy atom. The van der Waals surface area contributed by atoms with Crippen LogP contribution in [-0.4, -0.2) is 28.4 Å². The highest BCUT2D eigenvalue weighted by molar-refractivity contribution is 7.98. The number of thioether (sulfide) groups is 1. The lowest BCUT2D eigenvalue weighted by Gasteiger charge is -2.13. The SMILES string of the molecule is COCCn1c(SCc2noc3c2CCCC3)nc2sc3c(c2c1=O)CCCC3. The van der Waals surface area contributed by atoms with E-state index in [0.29, 0.717) is 18.9 Å². The number of thiophene rings is 1. The molecule has 0 unspecified atom stereocenters. The van der Waals surface area contributed by atoms with Gasteiger partial charge in [0.15, 0.2) is 5.16 Å². The molecule has 0 N–H and O–H groups in total. The molecule has 2 aliphatic carbocycles. The quantitative estimate of drug-likeness (QED) is 0.431. The number of ether oxygens (including phenoxy) is 1. The van der Waals surface area contributed by atoms with E-state index in [9.17, 15) is 4.79 Å². The van der Waals surface area contributed by atoms with E-state index in [1.54, 1.807) is 34.8 Å². The summed E-state index contributed by atoms with van der Waals surface area (Å²) in [4.78, 5) is 20.6. The van der Waals surface area contributed by atoms with E-state index in [1.807, 2.05) is 0 Å². The van der Waals surface area contributed by atoms with E-state index in [-0.39, 0.29) is 5.56 Å². The molecule has 2 aliphatic rings. The van der Waals surface area contributed by atoms with Gasteiger partial charge in [0.2, 0.25) is 0 Å². The van der Waals surface area contributed by atoms with E-state index in [2.05, 4.69) is 5.16 Å². The summed E-state index contributed by atoms with van der Waals surface area (Å²) in [5.41, 5.74) is 3.59. The monoisotopic (exact) mass is 431 g/mol. The maximum Gasteiger partial charge on any atom is 0.263 e. The lowest BCUT2D eigenvalue weighted by molar-refractivity contribution is 0.183. The molecular formula is C21H25N3O3S2. The summed E-state index contributed by atoms with van der Waals surface area (Å²) in [6, 6.07) is 0. The van der Waals surface area contributed by atoms with E-state index >= 15 is 0 Å². The molecule has 29 heavy (non-hydrogen) atoms. The fourth-order valence-corrected chi connectivity index (χ4v) is 6.69. The molecule has 0 atom stereocenters. The van der Waals surface area contributed by atoms with Crippen LogP contribution in [0.3, 0.4) is 0 Å². The average molecular weight is 432 g/mol. The molecule has 0 bridgehead atoms. The summed E-state index contributed by atoms with van der Waals surface area (Å²) in [7, 11) is 1.66. The standard InChI is InChI=1S/C21H25N3O3S2/c1-26-11-10-24-20(25)18-14-7-3-5-9-17(14)29-19(18)22-21(24)28-12-15-13-6-2-4-8-16(13)27-23-15/h2-12H2,1H3. The number of aryl methyl sites for hydroxylation is 3. The van der Waals surface area contributed by atoms with Gasteiger partial charge in [-0.15, -0.1) is 11.3 Å². The molecule has 0 spiro atoms. The van der Waals surface area contributed by atoms with E-state index in [0.717, 1.165) is 58.9 Å². The van der Waals surface area contributed by atoms with Gasteiger partial charge in [-0.25, -0.2) is 4.98 Å². The van der Waals surface area contributed by atoms with Gasteiger partial charge in [0.1, 0.15) is 10.6 Å². The Kier molecular flexibility index (Phi) is 5.49. The second-order valence-electron chi connectivity index (χ2n) is 7.76. The molecule has 6 nitrogen and oxygen atoms in total. The Labute approximate surface area is 177 Å². The molecule has 0 amide bonds. The van der Waals surface area contributed by atoms with Crippen LogP contribution < -0.4 is 5.56 Å². The van der Waals surface area contributed by atoms with Gasteiger partial charge in [-0.3, -0.25) is 9.36 Å². The third-order valence-corrected chi connectivity index (χ3v) is 8.10. The third kappa shape index (κ3) is 3.55. The van der Waals surface area contributed by atoms with Crippen molar-refractivity contribution in [2.75, 3.05) is 13.7 Å². The smallest absolute Gasteiger partial charge is 0.263 e. The van der Waals surface area contributed by atoms with Crippen molar-refractivity contribution in [3.63, 3.8) is 0 Å². The molecule has 0 saturated heterocycles. The first-order valence-electron chi connectivity index (χ1n) is 10.4. The molecule has 5 rings (SSSR count). The topological polar surface area (TPSA) is 70.2 Å². The van der Waals surface area contributed by atoms with Crippen LogP contribution in [0.25, 0.3) is 10.2 Å². The Morgan fingerprint density at radius 1 is 1.14 bits per heavy atom. The number of hydrogen-bond donors (Lipinski definition) is 0. The highest BCUT2D eigenvalue weighted by Gasteiger charge is 2.23. The molecule has 8 heteroatoms. The van der Waals surface area contributed by atoms with Crippen LogP contribution in [0.4, 0.5) is 0 Å². The largest absolute Gasteiger partial charge is 0.383 e. The minimum Gasteiger partial charge on any atom is -0.383 e. The summed E-state index contributed by atoms with van der Waals surface area (Å²) in [6.45, 7) is 1.01. The van der Waals surface area contributed by atoms with Crippen molar-refractivity contribution in [1.82, 2.24) is 14.7 Å². The molecule has 3 aromatic heterocycles. The van der Waals surface area contributed by atoms with Gasteiger partial charge in [0.05, 0.1) is 24.2 Å². The first kappa shape index (κ1) is 19.3. The second kappa shape index (κ2) is 8.24. The van der Waals surface area contributed by atoms with Crippen LogP contribution in [0, 0.1) is 0 Å². The molecule has 0 radical (unpaired) electrons. The lowest BCUT2D eigenvalue weighted by Crippen LogP contribution is -2.25. The van der Waals surface area contributed by atoms with Gasteiger partial charge in [0, 0.05) is 29.7 Å². The van der Waals surface area contributed by atoms with Crippen molar-refractivity contribution >= 4 is 33.3 Å². The molecule has 0 fully saturated rings. The predicted octanol–water partition coefficient (Wildman–Crippen LogP) is 4.14. The summed E-state index contributed by atoms with van der Waals surface area (Å²) >= 11 is 3.29. The average Bonchev–Trinajstić information content (AvgIpc) is 3.33. The molecule has 0 aromatic carbocycles. The minimum atomic E-state index is 0.0798. The summed E-state index contributed by atoms with van der Waals surface area (Å²) in [5.74, 6) is 1.72. The molecule has 3 heterocycles. The fourth-order valence-electron chi connectivity index (χ4n) is 4.41. The summed E-state index contributed by atoms with van der Waals surface area (Å²) in [5, 5.41) is 5.90. The Hall–Kier alpha value is -1.64. The van der Waals surface area contributed by atoms with Gasteiger partial charge < -0.3 is 9.26 Å². The second-order valence-corrected chi connectivity index (χ2v) is 9.79. The predicted molar refractivity (Wildman–Crippen MR) is 115 cm³/mol. The zero-order valence-corrected chi connectivity index (χ0v) is 18.3. The van der Waals surface area contributed by atoms with E-state index in [4.69, 9.17) is 14.2 Å². The normalized spacial score (nSPS) is 16.2. The van der Waals surface area contributed by atoms with Crippen LogP contribution >= 0.6 is 23.1 Å². The highest BCUT2D eigenvalue weighted by Crippen LogP contribution is 2.35. The van der Waals surface area contributed by atoms with E-state index in [1.165, 1.54) is 35.3 Å². The first-order chi connectivity index (χ1) is 14.3. The number of methoxy groups -OCH3 is 1. The van der Waals surface area contributed by atoms with Crippen molar-refractivity contribution in [2.45, 2.75) is 68.8 Å². The Morgan fingerprint density at radius 3 is 2.79 bits per heavy atom. The molecular weight excluding hydrogens is 406 g/mol. The maximum absolute atomic E-state index is 13.4. The van der Waals surface area contributed by atoms with Crippen molar-refractivity contribution in [3.8, 4) is 0 Å². The van der Waals surface area contributed by atoms with Crippen molar-refractivity contribution in [3.05, 3.63) is 37.8 Å². The Bertz CT molecular complexity index is 1100. The van der Waals surface area contributed by atoms with E-state index < -0.39 is 0 Å². The fraction of sp³-hybridized carbons (Fsp3) is 0.571. The van der Waals surface area contributed by atoms with Gasteiger partial charge >= 0.3 is 0 Å². The first-order valence-corrected chi connectivity index (χ1v) is 12.2. The van der Waals surface area contributed by atoms with Gasteiger partial charge in [0.25, 0.3) is 5.56 Å². The van der Waals surface area contributed by atoms with Crippen LogP contribution in [0.1, 0.15) is 53.1 Å². The number of nitrogens with zero attached hydrogens (tertiary/aromatic N) is 3. The van der Waals surface area contributed by atoms with Gasteiger partial charge in [-0.1, -0.05) is 16.9 Å². The zero-order chi connectivity index (χ0) is 19.8. The Balaban J connectivity index is 1.51. The van der Waals surface area contributed by atoms with Crippen molar-refractivity contribution in [2.24, 2.45) is 0 Å². The molecule has 3 aromatic rings.